The summed E-state index contributed by atoms with van der Waals surface area (Å²) in [7, 11) is 1.62. The molecule has 0 aliphatic heterocycles. The maximum Gasteiger partial charge on any atom is 0.472 e. The second-order valence-electron chi connectivity index (χ2n) is 15.7. The van der Waals surface area contributed by atoms with Gasteiger partial charge in [0.1, 0.15) is 13.2 Å². The number of unbranched alkanes of at least 4 members (excludes halogenated alkanes) is 25. The number of carbonyl (C=O) groups is 1. The van der Waals surface area contributed by atoms with Gasteiger partial charge >= 0.3 is 7.82 Å². The fraction of sp³-hybridized carbons (Fsp3) is 0.975. The van der Waals surface area contributed by atoms with Crippen molar-refractivity contribution in [3.63, 3.8) is 0 Å². The molecule has 3 unspecified atom stereocenters. The Labute approximate surface area is 304 Å². The van der Waals surface area contributed by atoms with Gasteiger partial charge in [0.25, 0.3) is 0 Å². The number of phosphoric ester groups is 1. The number of aliphatic hydroxyl groups excluding tert-OH is 1. The van der Waals surface area contributed by atoms with E-state index in [4.69, 9.17) is 9.05 Å². The van der Waals surface area contributed by atoms with E-state index in [2.05, 4.69) is 19.2 Å². The Hall–Kier alpha value is -0.500. The zero-order chi connectivity index (χ0) is 36.5. The quantitative estimate of drug-likeness (QED) is 0.0333. The molecule has 0 heterocycles. The number of likely N-dealkylation sites (N-methyl/N-ethyl adjacent to an activating group) is 1. The van der Waals surface area contributed by atoms with Crippen molar-refractivity contribution >= 4 is 13.7 Å². The van der Waals surface area contributed by atoms with Crippen molar-refractivity contribution in [2.45, 2.75) is 212 Å². The van der Waals surface area contributed by atoms with Crippen molar-refractivity contribution < 1.29 is 32.9 Å². The molecule has 0 aromatic heterocycles. The Bertz CT molecular complexity index is 778. The predicted octanol–water partition coefficient (Wildman–Crippen LogP) is 11.0. The summed E-state index contributed by atoms with van der Waals surface area (Å²) < 4.78 is 23.6. The van der Waals surface area contributed by atoms with Gasteiger partial charge in [-0.2, -0.15) is 0 Å². The summed E-state index contributed by atoms with van der Waals surface area (Å²) in [6.07, 6.45) is 34.0. The molecule has 0 bridgehead atoms. The molecule has 0 radical (unpaired) electrons. The van der Waals surface area contributed by atoms with Crippen LogP contribution in [0.2, 0.25) is 0 Å². The third-order valence-corrected chi connectivity index (χ3v) is 10.6. The summed E-state index contributed by atoms with van der Waals surface area (Å²) >= 11 is 0. The fourth-order valence-corrected chi connectivity index (χ4v) is 6.96. The lowest BCUT2D eigenvalue weighted by Crippen LogP contribution is -2.46. The number of carbonyl (C=O) groups excluding carboxylic acids is 1. The van der Waals surface area contributed by atoms with E-state index in [1.807, 2.05) is 21.1 Å². The summed E-state index contributed by atoms with van der Waals surface area (Å²) in [6.45, 7) is 4.89. The summed E-state index contributed by atoms with van der Waals surface area (Å²) in [5.41, 5.74) is 0. The minimum Gasteiger partial charge on any atom is -0.391 e. The molecule has 0 spiro atoms. The highest BCUT2D eigenvalue weighted by Gasteiger charge is 2.28. The number of rotatable bonds is 38. The molecule has 0 saturated carbocycles. The summed E-state index contributed by atoms with van der Waals surface area (Å²) in [5.74, 6) is -0.143. The Balaban J connectivity index is 4.39. The number of nitrogens with one attached hydrogen (secondary N) is 1. The zero-order valence-electron chi connectivity index (χ0n) is 33.2. The number of quaternary nitrogens is 1. The van der Waals surface area contributed by atoms with Gasteiger partial charge in [-0.1, -0.05) is 181 Å². The first-order valence-corrected chi connectivity index (χ1v) is 22.4. The third-order valence-electron chi connectivity index (χ3n) is 9.61. The van der Waals surface area contributed by atoms with Gasteiger partial charge in [-0.3, -0.25) is 13.8 Å². The molecule has 8 nitrogen and oxygen atoms in total. The number of phosphoric acid groups is 1. The van der Waals surface area contributed by atoms with E-state index in [1.165, 1.54) is 135 Å². The van der Waals surface area contributed by atoms with Gasteiger partial charge < -0.3 is 19.8 Å². The van der Waals surface area contributed by atoms with Crippen LogP contribution in [0.3, 0.4) is 0 Å². The first kappa shape index (κ1) is 48.5. The lowest BCUT2D eigenvalue weighted by Gasteiger charge is -2.26. The molecule has 0 rings (SSSR count). The molecule has 0 aliphatic rings. The van der Waals surface area contributed by atoms with Crippen LogP contribution in [0, 0.1) is 0 Å². The van der Waals surface area contributed by atoms with Gasteiger partial charge in [0.2, 0.25) is 5.91 Å². The standard InChI is InChI=1S/C40H83N2O6P/c1-6-8-10-12-14-16-18-20-22-24-26-28-30-32-34-40(44)41-38(37-48-49(45,46)47-36-35-42(3,4)5)39(43)33-31-29-27-25-23-21-19-17-15-13-11-9-7-2/h38-39,43H,6-37H2,1-5H3,(H-,41,44,45,46)/p+1. The van der Waals surface area contributed by atoms with Crippen LogP contribution < -0.4 is 5.32 Å². The number of nitrogens with zero attached hydrogens (tertiary/aromatic N) is 1. The second-order valence-corrected chi connectivity index (χ2v) is 17.2. The van der Waals surface area contributed by atoms with Crippen LogP contribution in [0.15, 0.2) is 0 Å². The van der Waals surface area contributed by atoms with E-state index in [-0.39, 0.29) is 19.1 Å². The first-order valence-electron chi connectivity index (χ1n) is 20.9. The van der Waals surface area contributed by atoms with Gasteiger partial charge in [-0.15, -0.1) is 0 Å². The molecule has 0 aromatic rings. The highest BCUT2D eigenvalue weighted by Crippen LogP contribution is 2.43. The van der Waals surface area contributed by atoms with Crippen LogP contribution in [0.5, 0.6) is 0 Å². The molecule has 0 aliphatic carbocycles. The maximum atomic E-state index is 12.8. The van der Waals surface area contributed by atoms with Crippen molar-refractivity contribution in [3.8, 4) is 0 Å². The minimum atomic E-state index is -4.30. The number of hydrogen-bond donors (Lipinski definition) is 3. The Morgan fingerprint density at radius 1 is 0.612 bits per heavy atom. The SMILES string of the molecule is CCCCCCCCCCCCCCCCC(=O)NC(COP(=O)(O)OCC[N+](C)(C)C)C(O)CCCCCCCCCCCCCCC. The lowest BCUT2D eigenvalue weighted by molar-refractivity contribution is -0.870. The van der Waals surface area contributed by atoms with E-state index in [0.29, 0.717) is 23.9 Å². The highest BCUT2D eigenvalue weighted by atomic mass is 31.2. The van der Waals surface area contributed by atoms with E-state index in [0.717, 1.165) is 38.5 Å². The third kappa shape index (κ3) is 35.7. The molecule has 294 valence electrons. The van der Waals surface area contributed by atoms with Gasteiger partial charge in [-0.05, 0) is 12.8 Å². The van der Waals surface area contributed by atoms with Crippen molar-refractivity contribution in [1.29, 1.82) is 0 Å². The van der Waals surface area contributed by atoms with Gasteiger partial charge in [0, 0.05) is 6.42 Å². The van der Waals surface area contributed by atoms with Crippen LogP contribution >= 0.6 is 7.82 Å². The molecule has 9 heteroatoms. The Kier molecular flexibility index (Phi) is 33.0. The predicted molar refractivity (Wildman–Crippen MR) is 208 cm³/mol. The molecule has 0 aromatic carbocycles. The minimum absolute atomic E-state index is 0.0783. The maximum absolute atomic E-state index is 12.8. The molecule has 1 amide bonds. The number of hydrogen-bond acceptors (Lipinski definition) is 5. The number of amides is 1. The van der Waals surface area contributed by atoms with E-state index in [1.54, 1.807) is 0 Å². The largest absolute Gasteiger partial charge is 0.472 e. The molecule has 0 fully saturated rings. The average molecular weight is 720 g/mol. The monoisotopic (exact) mass is 720 g/mol. The molecular weight excluding hydrogens is 635 g/mol. The van der Waals surface area contributed by atoms with E-state index >= 15 is 0 Å². The normalized spacial score (nSPS) is 14.5. The molecular formula is C40H84N2O6P+. The first-order chi connectivity index (χ1) is 23.5. The highest BCUT2D eigenvalue weighted by molar-refractivity contribution is 7.47. The van der Waals surface area contributed by atoms with Crippen molar-refractivity contribution in [1.82, 2.24) is 5.32 Å². The molecule has 0 saturated heterocycles. The van der Waals surface area contributed by atoms with E-state index < -0.39 is 20.0 Å². The molecule has 49 heavy (non-hydrogen) atoms. The van der Waals surface area contributed by atoms with Crippen molar-refractivity contribution in [2.24, 2.45) is 0 Å². The molecule has 3 atom stereocenters. The Morgan fingerprint density at radius 2 is 0.980 bits per heavy atom. The van der Waals surface area contributed by atoms with Crippen molar-refractivity contribution in [2.75, 3.05) is 40.9 Å². The van der Waals surface area contributed by atoms with Gasteiger partial charge in [-0.25, -0.2) is 4.57 Å². The molecule has 3 N–H and O–H groups in total. The van der Waals surface area contributed by atoms with Crippen LogP contribution in [0.1, 0.15) is 200 Å². The van der Waals surface area contributed by atoms with Gasteiger partial charge in [0.05, 0.1) is 39.9 Å². The van der Waals surface area contributed by atoms with Gasteiger partial charge in [0.15, 0.2) is 0 Å². The van der Waals surface area contributed by atoms with E-state index in [9.17, 15) is 19.4 Å². The summed E-state index contributed by atoms with van der Waals surface area (Å²) in [4.78, 5) is 23.1. The second kappa shape index (κ2) is 33.3. The van der Waals surface area contributed by atoms with Crippen molar-refractivity contribution in [3.05, 3.63) is 0 Å². The summed E-state index contributed by atoms with van der Waals surface area (Å²) in [6, 6.07) is -0.751. The van der Waals surface area contributed by atoms with Crippen LogP contribution in [0.25, 0.3) is 0 Å². The van der Waals surface area contributed by atoms with Crippen LogP contribution in [-0.2, 0) is 18.4 Å². The summed E-state index contributed by atoms with van der Waals surface area (Å²) in [5, 5.41) is 13.9. The van der Waals surface area contributed by atoms with Crippen LogP contribution in [0.4, 0.5) is 0 Å². The average Bonchev–Trinajstić information content (AvgIpc) is 3.04. The Morgan fingerprint density at radius 3 is 1.37 bits per heavy atom. The topological polar surface area (TPSA) is 105 Å². The van der Waals surface area contributed by atoms with Crippen LogP contribution in [-0.4, -0.2) is 73.4 Å². The number of aliphatic hydroxyl groups is 1. The lowest BCUT2D eigenvalue weighted by atomic mass is 10.0. The fourth-order valence-electron chi connectivity index (χ4n) is 6.22. The smallest absolute Gasteiger partial charge is 0.391 e. The zero-order valence-corrected chi connectivity index (χ0v) is 34.1.